The minimum absolute atomic E-state index is 0.0814. The second kappa shape index (κ2) is 8.12. The maximum Gasteiger partial charge on any atom is 0.255 e. The molecule has 1 atom stereocenters. The summed E-state index contributed by atoms with van der Waals surface area (Å²) in [6, 6.07) is 18.2. The SMILES string of the molecule is CC(CCc1ccccc1)NC(=O)c1cn[nH]c1-c1cccc(Br)c1. The molecule has 128 valence electrons. The molecule has 0 bridgehead atoms. The number of aromatic amines is 1. The summed E-state index contributed by atoms with van der Waals surface area (Å²) in [5.41, 5.74) is 3.49. The summed E-state index contributed by atoms with van der Waals surface area (Å²) in [4.78, 5) is 12.6. The van der Waals surface area contributed by atoms with Crippen molar-refractivity contribution in [2.24, 2.45) is 0 Å². The Morgan fingerprint density at radius 3 is 2.76 bits per heavy atom. The van der Waals surface area contributed by atoms with Gasteiger partial charge in [0.1, 0.15) is 0 Å². The fourth-order valence-electron chi connectivity index (χ4n) is 2.72. The third kappa shape index (κ3) is 4.57. The number of amides is 1. The minimum atomic E-state index is -0.107. The number of carbonyl (C=O) groups excluding carboxylic acids is 1. The number of aromatic nitrogens is 2. The Labute approximate surface area is 155 Å². The minimum Gasteiger partial charge on any atom is -0.349 e. The van der Waals surface area contributed by atoms with Gasteiger partial charge in [-0.3, -0.25) is 9.89 Å². The predicted octanol–water partition coefficient (Wildman–Crippen LogP) is 4.59. The molecular weight excluding hydrogens is 378 g/mol. The fourth-order valence-corrected chi connectivity index (χ4v) is 3.12. The molecule has 0 aliphatic rings. The number of nitrogens with zero attached hydrogens (tertiary/aromatic N) is 1. The molecule has 0 spiro atoms. The molecule has 0 fully saturated rings. The average molecular weight is 398 g/mol. The molecular formula is C20H20BrN3O. The maximum atomic E-state index is 12.6. The fraction of sp³-hybridized carbons (Fsp3) is 0.200. The second-order valence-electron chi connectivity index (χ2n) is 6.07. The highest BCUT2D eigenvalue weighted by Crippen LogP contribution is 2.24. The van der Waals surface area contributed by atoms with E-state index in [4.69, 9.17) is 0 Å². The zero-order chi connectivity index (χ0) is 17.6. The standard InChI is InChI=1S/C20H20BrN3O/c1-14(10-11-15-6-3-2-4-7-15)23-20(25)18-13-22-24-19(18)16-8-5-9-17(21)12-16/h2-9,12-14H,10-11H2,1H3,(H,22,24)(H,23,25). The zero-order valence-corrected chi connectivity index (χ0v) is 15.6. The lowest BCUT2D eigenvalue weighted by molar-refractivity contribution is 0.0939. The van der Waals surface area contributed by atoms with Crippen LogP contribution in [-0.2, 0) is 6.42 Å². The van der Waals surface area contributed by atoms with Crippen molar-refractivity contribution >= 4 is 21.8 Å². The van der Waals surface area contributed by atoms with E-state index < -0.39 is 0 Å². The van der Waals surface area contributed by atoms with Crippen molar-refractivity contribution in [1.82, 2.24) is 15.5 Å². The van der Waals surface area contributed by atoms with Gasteiger partial charge >= 0.3 is 0 Å². The number of carbonyl (C=O) groups is 1. The molecule has 0 aliphatic heterocycles. The third-order valence-electron chi connectivity index (χ3n) is 4.08. The number of H-pyrrole nitrogens is 1. The monoisotopic (exact) mass is 397 g/mol. The van der Waals surface area contributed by atoms with Gasteiger partial charge in [0, 0.05) is 16.1 Å². The van der Waals surface area contributed by atoms with Crippen LogP contribution in [0.2, 0.25) is 0 Å². The van der Waals surface area contributed by atoms with E-state index in [0.717, 1.165) is 28.6 Å². The summed E-state index contributed by atoms with van der Waals surface area (Å²) >= 11 is 3.46. The van der Waals surface area contributed by atoms with E-state index in [1.54, 1.807) is 6.20 Å². The van der Waals surface area contributed by atoms with Gasteiger partial charge in [0.2, 0.25) is 0 Å². The van der Waals surface area contributed by atoms with E-state index in [9.17, 15) is 4.79 Å². The smallest absolute Gasteiger partial charge is 0.255 e. The van der Waals surface area contributed by atoms with Crippen LogP contribution in [0.1, 0.15) is 29.3 Å². The van der Waals surface area contributed by atoms with Crippen LogP contribution in [0.15, 0.2) is 65.3 Å². The lowest BCUT2D eigenvalue weighted by atomic mass is 10.0. The Hall–Kier alpha value is -2.40. The molecule has 3 aromatic rings. The van der Waals surface area contributed by atoms with Crippen molar-refractivity contribution < 1.29 is 4.79 Å². The molecule has 1 heterocycles. The number of nitrogens with one attached hydrogen (secondary N) is 2. The van der Waals surface area contributed by atoms with Gasteiger partial charge in [0.15, 0.2) is 0 Å². The van der Waals surface area contributed by atoms with E-state index >= 15 is 0 Å². The predicted molar refractivity (Wildman–Crippen MR) is 103 cm³/mol. The van der Waals surface area contributed by atoms with E-state index in [0.29, 0.717) is 5.56 Å². The molecule has 0 saturated heterocycles. The van der Waals surface area contributed by atoms with Gasteiger partial charge in [-0.15, -0.1) is 0 Å². The van der Waals surface area contributed by atoms with Crippen LogP contribution in [0.4, 0.5) is 0 Å². The van der Waals surface area contributed by atoms with Gasteiger partial charge in [-0.1, -0.05) is 58.4 Å². The molecule has 1 aromatic heterocycles. The van der Waals surface area contributed by atoms with Gasteiger partial charge in [0.05, 0.1) is 17.5 Å². The quantitative estimate of drug-likeness (QED) is 0.638. The summed E-state index contributed by atoms with van der Waals surface area (Å²) in [6.07, 6.45) is 3.40. The summed E-state index contributed by atoms with van der Waals surface area (Å²) in [7, 11) is 0. The largest absolute Gasteiger partial charge is 0.349 e. The lowest BCUT2D eigenvalue weighted by Crippen LogP contribution is -2.33. The molecule has 1 amide bonds. The van der Waals surface area contributed by atoms with Gasteiger partial charge < -0.3 is 5.32 Å². The number of halogens is 1. The topological polar surface area (TPSA) is 57.8 Å². The zero-order valence-electron chi connectivity index (χ0n) is 14.0. The Kier molecular flexibility index (Phi) is 5.66. The first-order valence-electron chi connectivity index (χ1n) is 8.27. The van der Waals surface area contributed by atoms with Gasteiger partial charge in [-0.05, 0) is 37.5 Å². The summed E-state index contributed by atoms with van der Waals surface area (Å²) in [5.74, 6) is -0.107. The van der Waals surface area contributed by atoms with Crippen molar-refractivity contribution in [3.05, 3.63) is 76.4 Å². The van der Waals surface area contributed by atoms with E-state index in [2.05, 4.69) is 43.6 Å². The molecule has 4 nitrogen and oxygen atoms in total. The van der Waals surface area contributed by atoms with Crippen LogP contribution < -0.4 is 5.32 Å². The first-order chi connectivity index (χ1) is 12.1. The Balaban J connectivity index is 1.65. The van der Waals surface area contributed by atoms with Gasteiger partial charge in [0.25, 0.3) is 5.91 Å². The molecule has 0 aliphatic carbocycles. The highest BCUT2D eigenvalue weighted by molar-refractivity contribution is 9.10. The van der Waals surface area contributed by atoms with Crippen LogP contribution in [-0.4, -0.2) is 22.1 Å². The summed E-state index contributed by atoms with van der Waals surface area (Å²) in [5, 5.41) is 10.0. The van der Waals surface area contributed by atoms with Crippen molar-refractivity contribution in [3.63, 3.8) is 0 Å². The molecule has 1 unspecified atom stereocenters. The summed E-state index contributed by atoms with van der Waals surface area (Å²) in [6.45, 7) is 2.03. The normalized spacial score (nSPS) is 11.9. The first-order valence-corrected chi connectivity index (χ1v) is 9.07. The van der Waals surface area contributed by atoms with E-state index in [1.165, 1.54) is 5.56 Å². The number of benzene rings is 2. The highest BCUT2D eigenvalue weighted by atomic mass is 79.9. The van der Waals surface area contributed by atoms with Crippen molar-refractivity contribution in [2.75, 3.05) is 0 Å². The van der Waals surface area contributed by atoms with Crippen LogP contribution in [0, 0.1) is 0 Å². The molecule has 2 N–H and O–H groups in total. The van der Waals surface area contributed by atoms with Gasteiger partial charge in [-0.2, -0.15) is 5.10 Å². The third-order valence-corrected chi connectivity index (χ3v) is 4.58. The van der Waals surface area contributed by atoms with Crippen molar-refractivity contribution in [3.8, 4) is 11.3 Å². The number of aryl methyl sites for hydroxylation is 1. The number of hydrogen-bond donors (Lipinski definition) is 2. The molecule has 3 rings (SSSR count). The van der Waals surface area contributed by atoms with Crippen LogP contribution >= 0.6 is 15.9 Å². The molecule has 5 heteroatoms. The molecule has 2 aromatic carbocycles. The van der Waals surface area contributed by atoms with Crippen molar-refractivity contribution in [2.45, 2.75) is 25.8 Å². The molecule has 25 heavy (non-hydrogen) atoms. The number of rotatable bonds is 6. The highest BCUT2D eigenvalue weighted by Gasteiger charge is 2.17. The van der Waals surface area contributed by atoms with Crippen LogP contribution in [0.25, 0.3) is 11.3 Å². The molecule has 0 saturated carbocycles. The van der Waals surface area contributed by atoms with Gasteiger partial charge in [-0.25, -0.2) is 0 Å². The van der Waals surface area contributed by atoms with Crippen molar-refractivity contribution in [1.29, 1.82) is 0 Å². The Morgan fingerprint density at radius 1 is 1.20 bits per heavy atom. The lowest BCUT2D eigenvalue weighted by Gasteiger charge is -2.14. The summed E-state index contributed by atoms with van der Waals surface area (Å²) < 4.78 is 0.960. The first kappa shape index (κ1) is 17.4. The van der Waals surface area contributed by atoms with Crippen LogP contribution in [0.3, 0.4) is 0 Å². The number of hydrogen-bond acceptors (Lipinski definition) is 2. The second-order valence-corrected chi connectivity index (χ2v) is 6.98. The maximum absolute atomic E-state index is 12.6. The van der Waals surface area contributed by atoms with E-state index in [1.807, 2.05) is 49.4 Å². The Bertz CT molecular complexity index is 845. The average Bonchev–Trinajstić information content (AvgIpc) is 3.11. The molecule has 0 radical (unpaired) electrons. The van der Waals surface area contributed by atoms with E-state index in [-0.39, 0.29) is 11.9 Å². The van der Waals surface area contributed by atoms with Crippen LogP contribution in [0.5, 0.6) is 0 Å². The Morgan fingerprint density at radius 2 is 2.00 bits per heavy atom.